The molecule has 2 heterocycles. The number of piperidine rings is 1. The van der Waals surface area contributed by atoms with Crippen LogP contribution in [0, 0.1) is 17.2 Å². The normalized spacial score (nSPS) is 17.9. The number of H-pyrrole nitrogens is 1. The number of fused-ring (bicyclic) bond motifs is 1. The summed E-state index contributed by atoms with van der Waals surface area (Å²) in [5.74, 6) is 0.769. The van der Waals surface area contributed by atoms with E-state index in [0.29, 0.717) is 31.1 Å². The molecule has 1 aliphatic rings. The van der Waals surface area contributed by atoms with Crippen LogP contribution in [0.4, 0.5) is 4.79 Å². The van der Waals surface area contributed by atoms with Crippen molar-refractivity contribution in [1.82, 2.24) is 20.2 Å². The van der Waals surface area contributed by atoms with Gasteiger partial charge in [-0.3, -0.25) is 0 Å². The van der Waals surface area contributed by atoms with Crippen molar-refractivity contribution in [3.05, 3.63) is 29.0 Å². The van der Waals surface area contributed by atoms with Gasteiger partial charge in [-0.05, 0) is 31.0 Å². The van der Waals surface area contributed by atoms with E-state index in [1.165, 1.54) is 0 Å². The molecule has 0 aliphatic carbocycles. The summed E-state index contributed by atoms with van der Waals surface area (Å²) in [6.45, 7) is 1.73. The summed E-state index contributed by atoms with van der Waals surface area (Å²) >= 11 is 5.95. The largest absolute Gasteiger partial charge is 0.342 e. The molecule has 1 atom stereocenters. The number of rotatable bonds is 3. The van der Waals surface area contributed by atoms with Crippen LogP contribution in [0.5, 0.6) is 0 Å². The van der Waals surface area contributed by atoms with Gasteiger partial charge in [-0.25, -0.2) is 9.78 Å². The zero-order valence-electron chi connectivity index (χ0n) is 12.7. The van der Waals surface area contributed by atoms with Crippen molar-refractivity contribution in [1.29, 1.82) is 5.26 Å². The Labute approximate surface area is 139 Å². The van der Waals surface area contributed by atoms with Crippen LogP contribution in [0.15, 0.2) is 18.2 Å². The van der Waals surface area contributed by atoms with Gasteiger partial charge in [0.2, 0.25) is 0 Å². The van der Waals surface area contributed by atoms with E-state index in [1.54, 1.807) is 11.0 Å². The summed E-state index contributed by atoms with van der Waals surface area (Å²) < 4.78 is 0. The number of hydrogen-bond acceptors (Lipinski definition) is 3. The van der Waals surface area contributed by atoms with Crippen LogP contribution in [-0.2, 0) is 6.42 Å². The Morgan fingerprint density at radius 3 is 3.26 bits per heavy atom. The van der Waals surface area contributed by atoms with E-state index in [4.69, 9.17) is 16.9 Å². The number of carbonyl (C=O) groups excluding carboxylic acids is 1. The maximum atomic E-state index is 12.1. The van der Waals surface area contributed by atoms with Gasteiger partial charge in [0.25, 0.3) is 0 Å². The van der Waals surface area contributed by atoms with Crippen molar-refractivity contribution in [3.8, 4) is 6.07 Å². The third-order valence-corrected chi connectivity index (χ3v) is 4.26. The van der Waals surface area contributed by atoms with Crippen LogP contribution >= 0.6 is 11.6 Å². The first-order valence-corrected chi connectivity index (χ1v) is 8.10. The molecule has 23 heavy (non-hydrogen) atoms. The Bertz CT molecular complexity index is 750. The van der Waals surface area contributed by atoms with Gasteiger partial charge in [-0.15, -0.1) is 0 Å². The minimum absolute atomic E-state index is 0.0466. The predicted molar refractivity (Wildman–Crippen MR) is 88.1 cm³/mol. The maximum absolute atomic E-state index is 12.1. The van der Waals surface area contributed by atoms with E-state index in [0.717, 1.165) is 29.7 Å². The van der Waals surface area contributed by atoms with Gasteiger partial charge in [0.05, 0.1) is 23.0 Å². The second-order valence-corrected chi connectivity index (χ2v) is 6.18. The third kappa shape index (κ3) is 3.74. The van der Waals surface area contributed by atoms with Gasteiger partial charge in [0.1, 0.15) is 5.82 Å². The number of benzene rings is 1. The van der Waals surface area contributed by atoms with Gasteiger partial charge >= 0.3 is 6.03 Å². The lowest BCUT2D eigenvalue weighted by Crippen LogP contribution is -2.45. The zero-order valence-corrected chi connectivity index (χ0v) is 13.4. The van der Waals surface area contributed by atoms with E-state index in [-0.39, 0.29) is 11.9 Å². The molecule has 0 saturated carbocycles. The molecule has 6 nitrogen and oxygen atoms in total. The predicted octanol–water partition coefficient (Wildman–Crippen LogP) is 2.70. The second-order valence-electron chi connectivity index (χ2n) is 5.74. The van der Waals surface area contributed by atoms with E-state index in [2.05, 4.69) is 21.4 Å². The summed E-state index contributed by atoms with van der Waals surface area (Å²) in [6, 6.07) is 7.64. The lowest BCUT2D eigenvalue weighted by molar-refractivity contribution is 0.176. The van der Waals surface area contributed by atoms with Gasteiger partial charge in [0.15, 0.2) is 0 Å². The minimum atomic E-state index is -0.107. The van der Waals surface area contributed by atoms with Crippen molar-refractivity contribution < 1.29 is 4.79 Å². The van der Waals surface area contributed by atoms with Crippen LogP contribution in [0.2, 0.25) is 5.02 Å². The smallest absolute Gasteiger partial charge is 0.317 e. The average molecular weight is 332 g/mol. The number of nitrogens with one attached hydrogen (secondary N) is 2. The molecule has 2 aromatic rings. The van der Waals surface area contributed by atoms with Gasteiger partial charge < -0.3 is 15.2 Å². The number of carbonyl (C=O) groups is 1. The van der Waals surface area contributed by atoms with Crippen molar-refractivity contribution in [2.75, 3.05) is 19.6 Å². The average Bonchev–Trinajstić information content (AvgIpc) is 2.96. The Hall–Kier alpha value is -2.26. The lowest BCUT2D eigenvalue weighted by Gasteiger charge is -2.29. The van der Waals surface area contributed by atoms with Crippen LogP contribution in [0.3, 0.4) is 0 Å². The number of nitrogens with zero attached hydrogens (tertiary/aromatic N) is 3. The fourth-order valence-corrected chi connectivity index (χ4v) is 2.99. The minimum Gasteiger partial charge on any atom is -0.342 e. The highest BCUT2D eigenvalue weighted by Crippen LogP contribution is 2.17. The zero-order chi connectivity index (χ0) is 16.2. The standard InChI is InChI=1S/C16H18ClN5O/c17-12-3-4-13-14(8-12)21-15(20-13)5-6-19-16(23)22-7-1-2-11(9-18)10-22/h3-4,8,11H,1-2,5-7,10H2,(H,19,23)(H,20,21)/t11-/m0/s1. The van der Waals surface area contributed by atoms with Crippen molar-refractivity contribution in [3.63, 3.8) is 0 Å². The number of likely N-dealkylation sites (tertiary alicyclic amines) is 1. The Balaban J connectivity index is 1.52. The number of nitriles is 1. The molecule has 7 heteroatoms. The maximum Gasteiger partial charge on any atom is 0.317 e. The molecule has 2 amide bonds. The van der Waals surface area contributed by atoms with Crippen molar-refractivity contribution >= 4 is 28.7 Å². The number of halogens is 1. The second kappa shape index (κ2) is 6.88. The fraction of sp³-hybridized carbons (Fsp3) is 0.438. The van der Waals surface area contributed by atoms with Crippen LogP contribution < -0.4 is 5.32 Å². The van der Waals surface area contributed by atoms with Gasteiger partial charge in [-0.2, -0.15) is 5.26 Å². The third-order valence-electron chi connectivity index (χ3n) is 4.02. The number of hydrogen-bond donors (Lipinski definition) is 2. The topological polar surface area (TPSA) is 84.8 Å². The molecule has 1 aromatic heterocycles. The highest BCUT2D eigenvalue weighted by molar-refractivity contribution is 6.31. The molecule has 120 valence electrons. The molecular formula is C16H18ClN5O. The molecule has 3 rings (SSSR count). The Morgan fingerprint density at radius 1 is 1.57 bits per heavy atom. The number of urea groups is 1. The summed E-state index contributed by atoms with van der Waals surface area (Å²) in [6.07, 6.45) is 2.38. The van der Waals surface area contributed by atoms with Crippen LogP contribution in [-0.4, -0.2) is 40.5 Å². The number of amides is 2. The van der Waals surface area contributed by atoms with Crippen LogP contribution in [0.1, 0.15) is 18.7 Å². The van der Waals surface area contributed by atoms with E-state index in [1.807, 2.05) is 12.1 Å². The summed E-state index contributed by atoms with van der Waals surface area (Å²) in [4.78, 5) is 21.5. The number of aromatic nitrogens is 2. The molecule has 2 N–H and O–H groups in total. The van der Waals surface area contributed by atoms with Crippen molar-refractivity contribution in [2.45, 2.75) is 19.3 Å². The van der Waals surface area contributed by atoms with E-state index in [9.17, 15) is 4.79 Å². The molecule has 0 unspecified atom stereocenters. The summed E-state index contributed by atoms with van der Waals surface area (Å²) in [5.41, 5.74) is 1.76. The lowest BCUT2D eigenvalue weighted by atomic mass is 10.0. The first-order chi connectivity index (χ1) is 11.2. The SMILES string of the molecule is N#C[C@@H]1CCCN(C(=O)NCCc2nc3ccc(Cl)cc3[nH]2)C1. The van der Waals surface area contributed by atoms with Gasteiger partial charge in [0, 0.05) is 31.1 Å². The first kappa shape index (κ1) is 15.6. The molecule has 0 spiro atoms. The van der Waals surface area contributed by atoms with E-state index >= 15 is 0 Å². The molecular weight excluding hydrogens is 314 g/mol. The molecule has 1 aliphatic heterocycles. The number of imidazole rings is 1. The summed E-state index contributed by atoms with van der Waals surface area (Å²) in [7, 11) is 0. The Kier molecular flexibility index (Phi) is 4.68. The fourth-order valence-electron chi connectivity index (χ4n) is 2.82. The van der Waals surface area contributed by atoms with E-state index < -0.39 is 0 Å². The van der Waals surface area contributed by atoms with Gasteiger partial charge in [-0.1, -0.05) is 11.6 Å². The molecule has 1 fully saturated rings. The van der Waals surface area contributed by atoms with Crippen LogP contribution in [0.25, 0.3) is 11.0 Å². The molecule has 0 radical (unpaired) electrons. The highest BCUT2D eigenvalue weighted by atomic mass is 35.5. The highest BCUT2D eigenvalue weighted by Gasteiger charge is 2.23. The van der Waals surface area contributed by atoms with Crippen molar-refractivity contribution in [2.24, 2.45) is 5.92 Å². The number of aromatic amines is 1. The quantitative estimate of drug-likeness (QED) is 0.906. The molecule has 1 saturated heterocycles. The summed E-state index contributed by atoms with van der Waals surface area (Å²) in [5, 5.41) is 12.5. The molecule has 0 bridgehead atoms. The Morgan fingerprint density at radius 2 is 2.43 bits per heavy atom. The monoisotopic (exact) mass is 331 g/mol. The molecule has 1 aromatic carbocycles. The first-order valence-electron chi connectivity index (χ1n) is 7.72.